The van der Waals surface area contributed by atoms with Gasteiger partial charge in [0.1, 0.15) is 0 Å². The molecule has 1 unspecified atom stereocenters. The molecule has 4 rings (SSSR count). The number of carbonyl (C=O) groups is 1. The molecule has 4 aliphatic rings. The van der Waals surface area contributed by atoms with Crippen molar-refractivity contribution in [3.8, 4) is 0 Å². The number of aliphatic hydroxyl groups is 2. The van der Waals surface area contributed by atoms with Crippen molar-refractivity contribution < 1.29 is 15.0 Å². The molecular formula is C27H42O3. The summed E-state index contributed by atoms with van der Waals surface area (Å²) >= 11 is 0. The number of rotatable bonds is 5. The first-order chi connectivity index (χ1) is 14.0. The zero-order valence-corrected chi connectivity index (χ0v) is 19.7. The van der Waals surface area contributed by atoms with Crippen LogP contribution in [0.4, 0.5) is 0 Å². The Morgan fingerprint density at radius 1 is 1.13 bits per heavy atom. The summed E-state index contributed by atoms with van der Waals surface area (Å²) in [5.74, 6) is 3.61. The van der Waals surface area contributed by atoms with Gasteiger partial charge in [0.15, 0.2) is 5.78 Å². The minimum Gasteiger partial charge on any atom is -0.390 e. The maximum atomic E-state index is 12.0. The van der Waals surface area contributed by atoms with Crippen LogP contribution in [0.15, 0.2) is 23.8 Å². The van der Waals surface area contributed by atoms with Crippen LogP contribution in [-0.4, -0.2) is 27.7 Å². The van der Waals surface area contributed by atoms with Gasteiger partial charge in [0.2, 0.25) is 0 Å². The number of ketones is 1. The lowest BCUT2D eigenvalue weighted by Gasteiger charge is -2.56. The smallest absolute Gasteiger partial charge is 0.156 e. The number of carbonyl (C=O) groups excluding carboxylic acids is 1. The Hall–Kier alpha value is -0.930. The number of aliphatic hydroxyl groups excluding tert-OH is 1. The van der Waals surface area contributed by atoms with Crippen molar-refractivity contribution in [2.24, 2.45) is 40.4 Å². The van der Waals surface area contributed by atoms with E-state index in [-0.39, 0.29) is 5.41 Å². The van der Waals surface area contributed by atoms with Crippen molar-refractivity contribution in [1.29, 1.82) is 0 Å². The van der Waals surface area contributed by atoms with Gasteiger partial charge in [0.05, 0.1) is 11.7 Å². The minimum atomic E-state index is -1.02. The van der Waals surface area contributed by atoms with E-state index in [1.807, 2.05) is 6.08 Å². The third-order valence-corrected chi connectivity index (χ3v) is 9.99. The summed E-state index contributed by atoms with van der Waals surface area (Å²) in [6.45, 7) is 10.7. The molecule has 30 heavy (non-hydrogen) atoms. The number of hydrogen-bond donors (Lipinski definition) is 2. The summed E-state index contributed by atoms with van der Waals surface area (Å²) in [6, 6.07) is 0. The van der Waals surface area contributed by atoms with Gasteiger partial charge in [-0.2, -0.15) is 0 Å². The Balaban J connectivity index is 1.51. The predicted molar refractivity (Wildman–Crippen MR) is 121 cm³/mol. The summed E-state index contributed by atoms with van der Waals surface area (Å²) in [7, 11) is 0. The standard InChI is InChI=1S/C27H42O3/c1-17(6-11-24(29)25(2,3)30)21-9-10-22-20-8-7-18-16-19(28)12-14-26(18,4)23(20)13-15-27(21,22)5/h7-8,16-17,20-24,29-30H,6,9-15H2,1-5H3/t17-,20-,21+,22-,23-,24?,26-,27+/m0/s1. The van der Waals surface area contributed by atoms with E-state index in [2.05, 4.69) is 32.9 Å². The number of allylic oxidation sites excluding steroid dienone is 4. The maximum Gasteiger partial charge on any atom is 0.156 e. The molecule has 0 radical (unpaired) electrons. The molecule has 4 aliphatic carbocycles. The summed E-state index contributed by atoms with van der Waals surface area (Å²) in [4.78, 5) is 12.0. The number of hydrogen-bond acceptors (Lipinski definition) is 3. The zero-order valence-electron chi connectivity index (χ0n) is 19.7. The summed E-state index contributed by atoms with van der Waals surface area (Å²) in [5, 5.41) is 20.4. The van der Waals surface area contributed by atoms with Crippen molar-refractivity contribution in [1.82, 2.24) is 0 Å². The van der Waals surface area contributed by atoms with Gasteiger partial charge in [-0.15, -0.1) is 0 Å². The molecule has 168 valence electrons. The Bertz CT molecular complexity index is 744. The van der Waals surface area contributed by atoms with E-state index < -0.39 is 11.7 Å². The fraction of sp³-hybridized carbons (Fsp3) is 0.815. The van der Waals surface area contributed by atoms with Crippen LogP contribution in [0.25, 0.3) is 0 Å². The lowest BCUT2D eigenvalue weighted by Crippen LogP contribution is -2.49. The molecule has 3 nitrogen and oxygen atoms in total. The quantitative estimate of drug-likeness (QED) is 0.628. The van der Waals surface area contributed by atoms with Crippen LogP contribution >= 0.6 is 0 Å². The highest BCUT2D eigenvalue weighted by Gasteiger charge is 2.58. The molecule has 3 heteroatoms. The molecule has 8 atom stereocenters. The third-order valence-electron chi connectivity index (χ3n) is 9.99. The van der Waals surface area contributed by atoms with Crippen LogP contribution in [0, 0.1) is 40.4 Å². The second kappa shape index (κ2) is 7.59. The van der Waals surface area contributed by atoms with E-state index in [1.165, 1.54) is 31.3 Å². The lowest BCUT2D eigenvalue weighted by molar-refractivity contribution is -0.116. The molecule has 0 aromatic carbocycles. The normalized spacial score (nSPS) is 42.8. The fourth-order valence-electron chi connectivity index (χ4n) is 7.95. The number of fused-ring (bicyclic) bond motifs is 5. The van der Waals surface area contributed by atoms with Gasteiger partial charge < -0.3 is 10.2 Å². The first-order valence-electron chi connectivity index (χ1n) is 12.3. The average molecular weight is 415 g/mol. The summed E-state index contributed by atoms with van der Waals surface area (Å²) in [6.07, 6.45) is 14.6. The molecular weight excluding hydrogens is 372 g/mol. The van der Waals surface area contributed by atoms with Crippen LogP contribution in [0.2, 0.25) is 0 Å². The molecule has 0 spiro atoms. The molecule has 0 amide bonds. The Morgan fingerprint density at radius 3 is 2.57 bits per heavy atom. The van der Waals surface area contributed by atoms with Crippen LogP contribution in [0.1, 0.15) is 86.0 Å². The summed E-state index contributed by atoms with van der Waals surface area (Å²) in [5.41, 5.74) is 0.809. The second-order valence-electron chi connectivity index (χ2n) is 12.1. The van der Waals surface area contributed by atoms with Gasteiger partial charge in [0, 0.05) is 6.42 Å². The molecule has 2 saturated carbocycles. The van der Waals surface area contributed by atoms with Gasteiger partial charge >= 0.3 is 0 Å². The highest BCUT2D eigenvalue weighted by molar-refractivity contribution is 5.92. The highest BCUT2D eigenvalue weighted by Crippen LogP contribution is 2.66. The molecule has 0 heterocycles. The van der Waals surface area contributed by atoms with Gasteiger partial charge in [-0.1, -0.05) is 32.9 Å². The zero-order chi connectivity index (χ0) is 21.9. The van der Waals surface area contributed by atoms with Crippen LogP contribution in [-0.2, 0) is 4.79 Å². The average Bonchev–Trinajstić information content (AvgIpc) is 3.03. The van der Waals surface area contributed by atoms with Crippen LogP contribution < -0.4 is 0 Å². The SMILES string of the molecule is C[C@@H](CCC(O)C(C)(C)O)[C@H]1CC[C@H]2[C@@H]3C=CC4=CC(=O)CC[C@]4(C)[C@H]3CC[C@]12C. The minimum absolute atomic E-state index is 0.176. The molecule has 2 N–H and O–H groups in total. The Kier molecular flexibility index (Phi) is 5.63. The first kappa shape index (κ1) is 22.3. The fourth-order valence-corrected chi connectivity index (χ4v) is 7.95. The van der Waals surface area contributed by atoms with Crippen LogP contribution in [0.5, 0.6) is 0 Å². The van der Waals surface area contributed by atoms with E-state index in [1.54, 1.807) is 13.8 Å². The van der Waals surface area contributed by atoms with E-state index in [0.29, 0.717) is 47.7 Å². The molecule has 0 bridgehead atoms. The van der Waals surface area contributed by atoms with Crippen molar-refractivity contribution in [2.45, 2.75) is 97.7 Å². The molecule has 0 aromatic rings. The topological polar surface area (TPSA) is 57.5 Å². The van der Waals surface area contributed by atoms with Gasteiger partial charge in [0.25, 0.3) is 0 Å². The van der Waals surface area contributed by atoms with Gasteiger partial charge in [-0.05, 0) is 111 Å². The largest absolute Gasteiger partial charge is 0.390 e. The predicted octanol–water partition coefficient (Wildman–Crippen LogP) is 5.46. The van der Waals surface area contributed by atoms with Crippen molar-refractivity contribution >= 4 is 5.78 Å². The van der Waals surface area contributed by atoms with Crippen molar-refractivity contribution in [2.75, 3.05) is 0 Å². The van der Waals surface area contributed by atoms with E-state index >= 15 is 0 Å². The molecule has 2 fully saturated rings. The first-order valence-corrected chi connectivity index (χ1v) is 12.3. The second-order valence-corrected chi connectivity index (χ2v) is 12.1. The molecule has 0 aliphatic heterocycles. The van der Waals surface area contributed by atoms with Crippen molar-refractivity contribution in [3.63, 3.8) is 0 Å². The van der Waals surface area contributed by atoms with E-state index in [9.17, 15) is 15.0 Å². The van der Waals surface area contributed by atoms with E-state index in [4.69, 9.17) is 0 Å². The van der Waals surface area contributed by atoms with Gasteiger partial charge in [-0.25, -0.2) is 0 Å². The highest BCUT2D eigenvalue weighted by atomic mass is 16.3. The maximum absolute atomic E-state index is 12.0. The molecule has 0 aromatic heterocycles. The van der Waals surface area contributed by atoms with Crippen LogP contribution in [0.3, 0.4) is 0 Å². The molecule has 0 saturated heterocycles. The summed E-state index contributed by atoms with van der Waals surface area (Å²) < 4.78 is 0. The van der Waals surface area contributed by atoms with Gasteiger partial charge in [-0.3, -0.25) is 4.79 Å². The Morgan fingerprint density at radius 2 is 1.87 bits per heavy atom. The third kappa shape index (κ3) is 3.54. The lowest BCUT2D eigenvalue weighted by atomic mass is 9.48. The Labute approximate surface area is 183 Å². The van der Waals surface area contributed by atoms with E-state index in [0.717, 1.165) is 18.8 Å². The monoisotopic (exact) mass is 414 g/mol. The van der Waals surface area contributed by atoms with Crippen molar-refractivity contribution in [3.05, 3.63) is 23.8 Å².